The maximum absolute atomic E-state index is 12.0. The quantitative estimate of drug-likeness (QED) is 0.623. The lowest BCUT2D eigenvalue weighted by molar-refractivity contribution is -0.117. The maximum atomic E-state index is 12.0. The van der Waals surface area contributed by atoms with Gasteiger partial charge >= 0.3 is 6.03 Å². The van der Waals surface area contributed by atoms with Crippen LogP contribution in [-0.2, 0) is 11.3 Å². The first-order valence-electron chi connectivity index (χ1n) is 8.11. The van der Waals surface area contributed by atoms with Crippen LogP contribution in [0.25, 0.3) is 5.69 Å². The lowest BCUT2D eigenvalue weighted by Crippen LogP contribution is -2.39. The minimum absolute atomic E-state index is 0.000652. The van der Waals surface area contributed by atoms with Gasteiger partial charge in [0.2, 0.25) is 11.1 Å². The molecule has 0 unspecified atom stereocenters. The molecule has 0 aliphatic heterocycles. The number of rotatable bonds is 6. The Morgan fingerprint density at radius 1 is 1.22 bits per heavy atom. The Morgan fingerprint density at radius 3 is 2.70 bits per heavy atom. The van der Waals surface area contributed by atoms with Crippen LogP contribution in [-0.4, -0.2) is 37.9 Å². The third-order valence-corrected chi connectivity index (χ3v) is 4.40. The number of benzene rings is 1. The Labute approximate surface area is 159 Å². The van der Waals surface area contributed by atoms with Gasteiger partial charge in [0.1, 0.15) is 5.76 Å². The topological polar surface area (TPSA) is 115 Å². The Hall–Kier alpha value is -3.14. The van der Waals surface area contributed by atoms with Gasteiger partial charge < -0.3 is 9.73 Å². The molecule has 1 aromatic carbocycles. The number of imide groups is 1. The normalized spacial score (nSPS) is 10.6. The van der Waals surface area contributed by atoms with Crippen molar-refractivity contribution >= 4 is 23.7 Å². The van der Waals surface area contributed by atoms with Crippen LogP contribution in [0.1, 0.15) is 16.9 Å². The second kappa shape index (κ2) is 8.49. The van der Waals surface area contributed by atoms with E-state index in [1.54, 1.807) is 16.8 Å². The number of hydrogen-bond donors (Lipinski definition) is 2. The molecule has 0 aliphatic rings. The van der Waals surface area contributed by atoms with Crippen molar-refractivity contribution in [1.29, 1.82) is 0 Å². The molecule has 2 aromatic heterocycles. The van der Waals surface area contributed by atoms with Gasteiger partial charge in [-0.2, -0.15) is 4.68 Å². The number of hydrogen-bond acceptors (Lipinski definition) is 7. The summed E-state index contributed by atoms with van der Waals surface area (Å²) in [6, 6.07) is 8.81. The summed E-state index contributed by atoms with van der Waals surface area (Å²) in [4.78, 5) is 23.7. The second-order valence-corrected chi connectivity index (χ2v) is 6.76. The average molecular weight is 386 g/mol. The van der Waals surface area contributed by atoms with Crippen LogP contribution in [0.5, 0.6) is 0 Å². The minimum Gasteiger partial charge on any atom is -0.467 e. The molecule has 0 fully saturated rings. The van der Waals surface area contributed by atoms with E-state index in [9.17, 15) is 9.59 Å². The highest BCUT2D eigenvalue weighted by Gasteiger charge is 2.14. The first-order valence-corrected chi connectivity index (χ1v) is 9.10. The highest BCUT2D eigenvalue weighted by Crippen LogP contribution is 2.19. The van der Waals surface area contributed by atoms with E-state index < -0.39 is 11.9 Å². The molecule has 9 nitrogen and oxygen atoms in total. The molecule has 2 heterocycles. The number of nitrogens with one attached hydrogen (secondary N) is 2. The molecule has 0 aliphatic carbocycles. The average Bonchev–Trinajstić information content (AvgIpc) is 3.29. The van der Waals surface area contributed by atoms with Crippen LogP contribution in [0, 0.1) is 13.8 Å². The Kier molecular flexibility index (Phi) is 5.87. The molecule has 0 saturated heterocycles. The van der Waals surface area contributed by atoms with Gasteiger partial charge in [0.15, 0.2) is 0 Å². The fourth-order valence-electron chi connectivity index (χ4n) is 2.42. The summed E-state index contributed by atoms with van der Waals surface area (Å²) >= 11 is 1.14. The number of carbonyl (C=O) groups is 2. The largest absolute Gasteiger partial charge is 0.467 e. The number of tetrazole rings is 1. The summed E-state index contributed by atoms with van der Waals surface area (Å²) < 4.78 is 6.67. The highest BCUT2D eigenvalue weighted by molar-refractivity contribution is 7.99. The first kappa shape index (κ1) is 18.6. The Balaban J connectivity index is 1.53. The van der Waals surface area contributed by atoms with Gasteiger partial charge in [0, 0.05) is 0 Å². The number of carbonyl (C=O) groups excluding carboxylic acids is 2. The molecular formula is C17H18N6O3S. The fraction of sp³-hybridized carbons (Fsp3) is 0.235. The van der Waals surface area contributed by atoms with Crippen LogP contribution < -0.4 is 10.6 Å². The third-order valence-electron chi connectivity index (χ3n) is 3.48. The van der Waals surface area contributed by atoms with Gasteiger partial charge in [-0.05, 0) is 59.7 Å². The monoisotopic (exact) mass is 386 g/mol. The zero-order chi connectivity index (χ0) is 19.2. The van der Waals surface area contributed by atoms with E-state index in [4.69, 9.17) is 4.42 Å². The number of nitrogens with zero attached hydrogens (tertiary/aromatic N) is 4. The maximum Gasteiger partial charge on any atom is 0.321 e. The minimum atomic E-state index is -0.592. The highest BCUT2D eigenvalue weighted by atomic mass is 32.2. The van der Waals surface area contributed by atoms with Crippen LogP contribution >= 0.6 is 11.8 Å². The van der Waals surface area contributed by atoms with Crippen molar-refractivity contribution in [3.05, 3.63) is 53.5 Å². The molecule has 140 valence electrons. The van der Waals surface area contributed by atoms with Crippen LogP contribution in [0.4, 0.5) is 4.79 Å². The molecule has 0 atom stereocenters. The van der Waals surface area contributed by atoms with E-state index in [1.165, 1.54) is 6.26 Å². The second-order valence-electron chi connectivity index (χ2n) is 5.82. The van der Waals surface area contributed by atoms with Gasteiger partial charge in [-0.1, -0.05) is 17.8 Å². The van der Waals surface area contributed by atoms with Crippen molar-refractivity contribution in [3.8, 4) is 5.69 Å². The van der Waals surface area contributed by atoms with Gasteiger partial charge in [0.05, 0.1) is 24.2 Å². The zero-order valence-corrected chi connectivity index (χ0v) is 15.6. The number of furan rings is 1. The van der Waals surface area contributed by atoms with E-state index in [0.717, 1.165) is 28.6 Å². The van der Waals surface area contributed by atoms with Gasteiger partial charge in [0.25, 0.3) is 0 Å². The van der Waals surface area contributed by atoms with Gasteiger partial charge in [-0.25, -0.2) is 4.79 Å². The summed E-state index contributed by atoms with van der Waals surface area (Å²) in [5, 5.41) is 16.9. The van der Waals surface area contributed by atoms with E-state index in [2.05, 4.69) is 32.2 Å². The smallest absolute Gasteiger partial charge is 0.321 e. The van der Waals surface area contributed by atoms with Crippen molar-refractivity contribution in [1.82, 2.24) is 30.8 Å². The van der Waals surface area contributed by atoms with Crippen molar-refractivity contribution < 1.29 is 14.0 Å². The predicted octanol–water partition coefficient (Wildman–Crippen LogP) is 1.99. The van der Waals surface area contributed by atoms with E-state index in [1.807, 2.05) is 26.0 Å². The number of thioether (sulfide) groups is 1. The van der Waals surface area contributed by atoms with Crippen LogP contribution in [0.15, 0.2) is 46.2 Å². The standard InChI is InChI=1S/C17H18N6O3S/c1-11-6-12(2)8-13(7-11)23-17(20-21-22-23)27-10-15(24)19-16(25)18-9-14-4-3-5-26-14/h3-8H,9-10H2,1-2H3,(H2,18,19,24,25). The summed E-state index contributed by atoms with van der Waals surface area (Å²) in [5.74, 6) is 0.144. The molecule has 2 N–H and O–H groups in total. The van der Waals surface area contributed by atoms with Gasteiger partial charge in [-0.15, -0.1) is 5.10 Å². The Bertz CT molecular complexity index is 918. The first-order chi connectivity index (χ1) is 13.0. The molecule has 10 heteroatoms. The van der Waals surface area contributed by atoms with E-state index >= 15 is 0 Å². The zero-order valence-electron chi connectivity index (χ0n) is 14.8. The molecule has 0 saturated carbocycles. The summed E-state index contributed by atoms with van der Waals surface area (Å²) in [5.41, 5.74) is 2.99. The molecule has 0 spiro atoms. The third kappa shape index (κ3) is 5.17. The molecular weight excluding hydrogens is 368 g/mol. The van der Waals surface area contributed by atoms with Crippen LogP contribution in [0.2, 0.25) is 0 Å². The van der Waals surface area contributed by atoms with E-state index in [0.29, 0.717) is 10.9 Å². The lowest BCUT2D eigenvalue weighted by atomic mass is 10.1. The summed E-state index contributed by atoms with van der Waals surface area (Å²) in [6.07, 6.45) is 1.51. The number of aromatic nitrogens is 4. The summed E-state index contributed by atoms with van der Waals surface area (Å²) in [7, 11) is 0. The van der Waals surface area contributed by atoms with Crippen molar-refractivity contribution in [2.75, 3.05) is 5.75 Å². The molecule has 3 amide bonds. The van der Waals surface area contributed by atoms with Crippen molar-refractivity contribution in [2.45, 2.75) is 25.5 Å². The predicted molar refractivity (Wildman–Crippen MR) is 98.4 cm³/mol. The van der Waals surface area contributed by atoms with Crippen LogP contribution in [0.3, 0.4) is 0 Å². The number of urea groups is 1. The molecule has 3 rings (SSSR count). The number of amides is 3. The SMILES string of the molecule is Cc1cc(C)cc(-n2nnnc2SCC(=O)NC(=O)NCc2ccco2)c1. The van der Waals surface area contributed by atoms with Crippen molar-refractivity contribution in [3.63, 3.8) is 0 Å². The lowest BCUT2D eigenvalue weighted by Gasteiger charge is -2.07. The Morgan fingerprint density at radius 2 is 2.00 bits per heavy atom. The van der Waals surface area contributed by atoms with Gasteiger partial charge in [-0.3, -0.25) is 10.1 Å². The molecule has 27 heavy (non-hydrogen) atoms. The van der Waals surface area contributed by atoms with E-state index in [-0.39, 0.29) is 12.3 Å². The molecule has 0 radical (unpaired) electrons. The molecule has 0 bridgehead atoms. The summed E-state index contributed by atoms with van der Waals surface area (Å²) in [6.45, 7) is 4.18. The van der Waals surface area contributed by atoms with Crippen molar-refractivity contribution in [2.24, 2.45) is 0 Å². The fourth-order valence-corrected chi connectivity index (χ4v) is 3.11. The molecule has 3 aromatic rings. The number of aryl methyl sites for hydroxylation is 2.